The first-order valence-electron chi connectivity index (χ1n) is 8.70. The summed E-state index contributed by atoms with van der Waals surface area (Å²) in [5.41, 5.74) is 4.20. The van der Waals surface area contributed by atoms with E-state index in [1.807, 2.05) is 55.1 Å². The first kappa shape index (κ1) is 18.4. The summed E-state index contributed by atoms with van der Waals surface area (Å²) < 4.78 is 5.20. The third-order valence-corrected chi connectivity index (χ3v) is 5.21. The van der Waals surface area contributed by atoms with Crippen LogP contribution in [0.5, 0.6) is 5.75 Å². The summed E-state index contributed by atoms with van der Waals surface area (Å²) in [6.07, 6.45) is 0. The topological polar surface area (TPSA) is 44.8 Å². The number of piperazine rings is 1. The van der Waals surface area contributed by atoms with Gasteiger partial charge < -0.3 is 19.9 Å². The Morgan fingerprint density at radius 1 is 1.12 bits per heavy atom. The summed E-state index contributed by atoms with van der Waals surface area (Å²) in [5, 5.41) is 3.63. The Labute approximate surface area is 159 Å². The van der Waals surface area contributed by atoms with Crippen LogP contribution in [0, 0.1) is 13.8 Å². The van der Waals surface area contributed by atoms with Gasteiger partial charge in [-0.05, 0) is 49.2 Å². The predicted octanol–water partition coefficient (Wildman–Crippen LogP) is 4.32. The second kappa shape index (κ2) is 7.87. The van der Waals surface area contributed by atoms with E-state index in [0.29, 0.717) is 23.9 Å². The molecule has 1 heterocycles. The van der Waals surface area contributed by atoms with Crippen LogP contribution in [0.25, 0.3) is 0 Å². The number of carbonyl (C=O) groups is 1. The van der Waals surface area contributed by atoms with Crippen molar-refractivity contribution in [3.63, 3.8) is 0 Å². The van der Waals surface area contributed by atoms with Gasteiger partial charge in [0.2, 0.25) is 0 Å². The van der Waals surface area contributed by atoms with Crippen molar-refractivity contribution in [3.8, 4) is 5.75 Å². The second-order valence-electron chi connectivity index (χ2n) is 6.47. The van der Waals surface area contributed by atoms with Crippen LogP contribution in [0.4, 0.5) is 16.2 Å². The first-order valence-corrected chi connectivity index (χ1v) is 9.08. The summed E-state index contributed by atoms with van der Waals surface area (Å²) in [7, 11) is 1.61. The lowest BCUT2D eigenvalue weighted by molar-refractivity contribution is 0.208. The molecule has 0 saturated carbocycles. The van der Waals surface area contributed by atoms with E-state index in [-0.39, 0.29) is 6.03 Å². The van der Waals surface area contributed by atoms with Crippen LogP contribution in [0.1, 0.15) is 11.1 Å². The molecule has 1 saturated heterocycles. The molecule has 3 rings (SSSR count). The molecule has 0 radical (unpaired) electrons. The smallest absolute Gasteiger partial charge is 0.321 e. The Kier molecular flexibility index (Phi) is 5.57. The van der Waals surface area contributed by atoms with E-state index in [4.69, 9.17) is 16.3 Å². The summed E-state index contributed by atoms with van der Waals surface area (Å²) >= 11 is 6.22. The van der Waals surface area contributed by atoms with Gasteiger partial charge in [0.05, 0.1) is 12.1 Å². The third-order valence-electron chi connectivity index (χ3n) is 4.91. The molecule has 0 spiro atoms. The molecule has 0 unspecified atom stereocenters. The predicted molar refractivity (Wildman–Crippen MR) is 107 cm³/mol. The number of anilines is 2. The number of benzene rings is 2. The molecule has 0 atom stereocenters. The zero-order valence-corrected chi connectivity index (χ0v) is 16.1. The van der Waals surface area contributed by atoms with Gasteiger partial charge in [-0.25, -0.2) is 4.79 Å². The number of urea groups is 1. The Hall–Kier alpha value is -2.40. The molecule has 6 heteroatoms. The largest absolute Gasteiger partial charge is 0.495 e. The van der Waals surface area contributed by atoms with Crippen LogP contribution in [0.3, 0.4) is 0 Å². The second-order valence-corrected chi connectivity index (χ2v) is 6.88. The van der Waals surface area contributed by atoms with E-state index in [1.165, 1.54) is 5.56 Å². The van der Waals surface area contributed by atoms with Crippen molar-refractivity contribution in [3.05, 3.63) is 52.5 Å². The van der Waals surface area contributed by atoms with Gasteiger partial charge in [0.25, 0.3) is 0 Å². The molecule has 138 valence electrons. The minimum Gasteiger partial charge on any atom is -0.495 e. The van der Waals surface area contributed by atoms with E-state index in [2.05, 4.69) is 10.2 Å². The van der Waals surface area contributed by atoms with Crippen LogP contribution in [-0.4, -0.2) is 44.2 Å². The maximum absolute atomic E-state index is 12.6. The fourth-order valence-corrected chi connectivity index (χ4v) is 3.35. The molecule has 26 heavy (non-hydrogen) atoms. The molecule has 5 nitrogen and oxygen atoms in total. The van der Waals surface area contributed by atoms with Crippen molar-refractivity contribution in [2.45, 2.75) is 13.8 Å². The van der Waals surface area contributed by atoms with E-state index in [9.17, 15) is 4.79 Å². The average Bonchev–Trinajstić information content (AvgIpc) is 2.65. The van der Waals surface area contributed by atoms with E-state index in [0.717, 1.165) is 30.0 Å². The molecule has 2 aromatic rings. The van der Waals surface area contributed by atoms with Gasteiger partial charge in [-0.1, -0.05) is 23.7 Å². The van der Waals surface area contributed by atoms with E-state index < -0.39 is 0 Å². The standard InChI is InChI=1S/C20H24ClN3O2/c1-14-5-4-6-18(15(14)2)22-20(25)24-11-9-23(10-12-24)16-7-8-19(26-3)17(21)13-16/h4-8,13H,9-12H2,1-3H3,(H,22,25). The quantitative estimate of drug-likeness (QED) is 0.871. The monoisotopic (exact) mass is 373 g/mol. The lowest BCUT2D eigenvalue weighted by Crippen LogP contribution is -2.50. The van der Waals surface area contributed by atoms with Crippen LogP contribution in [0.2, 0.25) is 5.02 Å². The number of rotatable bonds is 3. The number of nitrogens with one attached hydrogen (secondary N) is 1. The fourth-order valence-electron chi connectivity index (χ4n) is 3.10. The molecule has 1 aliphatic rings. The summed E-state index contributed by atoms with van der Waals surface area (Å²) in [6, 6.07) is 11.7. The van der Waals surface area contributed by atoms with Gasteiger partial charge in [0.1, 0.15) is 5.75 Å². The normalized spacial score (nSPS) is 14.3. The molecule has 0 bridgehead atoms. The maximum atomic E-state index is 12.6. The Morgan fingerprint density at radius 3 is 2.50 bits per heavy atom. The number of ether oxygens (including phenoxy) is 1. The Morgan fingerprint density at radius 2 is 1.85 bits per heavy atom. The van der Waals surface area contributed by atoms with Crippen molar-refractivity contribution in [1.82, 2.24) is 4.90 Å². The van der Waals surface area contributed by atoms with Gasteiger partial charge in [-0.3, -0.25) is 0 Å². The van der Waals surface area contributed by atoms with Crippen LogP contribution >= 0.6 is 11.6 Å². The van der Waals surface area contributed by atoms with E-state index in [1.54, 1.807) is 7.11 Å². The molecular weight excluding hydrogens is 350 g/mol. The Balaban J connectivity index is 1.60. The van der Waals surface area contributed by atoms with Crippen LogP contribution in [0.15, 0.2) is 36.4 Å². The SMILES string of the molecule is COc1ccc(N2CCN(C(=O)Nc3cccc(C)c3C)CC2)cc1Cl. The summed E-state index contributed by atoms with van der Waals surface area (Å²) in [5.74, 6) is 0.668. The maximum Gasteiger partial charge on any atom is 0.321 e. The minimum atomic E-state index is -0.0499. The number of nitrogens with zero attached hydrogens (tertiary/aromatic N) is 2. The highest BCUT2D eigenvalue weighted by molar-refractivity contribution is 6.32. The van der Waals surface area contributed by atoms with E-state index >= 15 is 0 Å². The van der Waals surface area contributed by atoms with Crippen molar-refractivity contribution in [1.29, 1.82) is 0 Å². The number of hydrogen-bond donors (Lipinski definition) is 1. The highest BCUT2D eigenvalue weighted by Crippen LogP contribution is 2.29. The fraction of sp³-hybridized carbons (Fsp3) is 0.350. The van der Waals surface area contributed by atoms with Crippen molar-refractivity contribution in [2.75, 3.05) is 43.5 Å². The lowest BCUT2D eigenvalue weighted by atomic mass is 10.1. The molecule has 0 aliphatic carbocycles. The number of aryl methyl sites for hydroxylation is 1. The van der Waals surface area contributed by atoms with Gasteiger partial charge in [0, 0.05) is 37.6 Å². The third kappa shape index (κ3) is 3.88. The van der Waals surface area contributed by atoms with Crippen LogP contribution < -0.4 is 15.0 Å². The average molecular weight is 374 g/mol. The number of carbonyl (C=O) groups excluding carboxylic acids is 1. The number of halogens is 1. The Bertz CT molecular complexity index is 802. The minimum absolute atomic E-state index is 0.0499. The number of methoxy groups -OCH3 is 1. The van der Waals surface area contributed by atoms with Crippen molar-refractivity contribution in [2.24, 2.45) is 0 Å². The molecular formula is C20H24ClN3O2. The van der Waals surface area contributed by atoms with Gasteiger partial charge >= 0.3 is 6.03 Å². The molecule has 2 amide bonds. The molecule has 1 N–H and O–H groups in total. The lowest BCUT2D eigenvalue weighted by Gasteiger charge is -2.36. The highest BCUT2D eigenvalue weighted by atomic mass is 35.5. The highest BCUT2D eigenvalue weighted by Gasteiger charge is 2.22. The van der Waals surface area contributed by atoms with Gasteiger partial charge in [0.15, 0.2) is 0 Å². The molecule has 2 aromatic carbocycles. The molecule has 1 fully saturated rings. The number of hydrogen-bond acceptors (Lipinski definition) is 3. The summed E-state index contributed by atoms with van der Waals surface area (Å²) in [6.45, 7) is 6.94. The zero-order chi connectivity index (χ0) is 18.7. The zero-order valence-electron chi connectivity index (χ0n) is 15.4. The molecule has 0 aromatic heterocycles. The van der Waals surface area contributed by atoms with Crippen molar-refractivity contribution < 1.29 is 9.53 Å². The number of amides is 2. The van der Waals surface area contributed by atoms with Crippen LogP contribution in [-0.2, 0) is 0 Å². The molecule has 1 aliphatic heterocycles. The summed E-state index contributed by atoms with van der Waals surface area (Å²) in [4.78, 5) is 16.7. The van der Waals surface area contributed by atoms with Gasteiger partial charge in [-0.15, -0.1) is 0 Å². The first-order chi connectivity index (χ1) is 12.5. The van der Waals surface area contributed by atoms with Crippen molar-refractivity contribution >= 4 is 29.0 Å². The van der Waals surface area contributed by atoms with Gasteiger partial charge in [-0.2, -0.15) is 0 Å².